The van der Waals surface area contributed by atoms with E-state index in [0.717, 1.165) is 0 Å². The molecule has 0 saturated carbocycles. The maximum atomic E-state index is 12.1. The maximum Gasteiger partial charge on any atom is 0.329 e. The van der Waals surface area contributed by atoms with Crippen LogP contribution in [-0.4, -0.2) is 23.5 Å². The Morgan fingerprint density at radius 3 is 2.48 bits per heavy atom. The van der Waals surface area contributed by atoms with Gasteiger partial charge in [0.1, 0.15) is 17.4 Å². The second-order valence-electron chi connectivity index (χ2n) is 6.11. The number of amides is 1. The lowest BCUT2D eigenvalue weighted by Gasteiger charge is -2.26. The van der Waals surface area contributed by atoms with Crippen molar-refractivity contribution in [2.75, 3.05) is 0 Å². The summed E-state index contributed by atoms with van der Waals surface area (Å²) in [5.74, 6) is -0.294. The van der Waals surface area contributed by atoms with Gasteiger partial charge in [-0.25, -0.2) is 4.79 Å². The average molecular weight is 293 g/mol. The van der Waals surface area contributed by atoms with Gasteiger partial charge in [0.25, 0.3) is 0 Å². The van der Waals surface area contributed by atoms with E-state index >= 15 is 0 Å². The predicted octanol–water partition coefficient (Wildman–Crippen LogP) is 2.78. The molecular formula is C16H23NO4. The Kier molecular flexibility index (Phi) is 5.76. The topological polar surface area (TPSA) is 68.5 Å². The van der Waals surface area contributed by atoms with Gasteiger partial charge in [0, 0.05) is 6.08 Å². The molecule has 0 radical (unpaired) electrons. The number of ether oxygens (including phenoxy) is 1. The third kappa shape index (κ3) is 6.29. The van der Waals surface area contributed by atoms with Gasteiger partial charge in [0.2, 0.25) is 5.91 Å². The summed E-state index contributed by atoms with van der Waals surface area (Å²) in [6.45, 7) is 9.08. The Morgan fingerprint density at radius 2 is 2.00 bits per heavy atom. The quantitative estimate of drug-likeness (QED) is 0.669. The third-order valence-electron chi connectivity index (χ3n) is 2.57. The molecular weight excluding hydrogens is 270 g/mol. The van der Waals surface area contributed by atoms with E-state index in [-0.39, 0.29) is 11.8 Å². The average Bonchev–Trinajstić information content (AvgIpc) is 2.83. The number of nitrogens with one attached hydrogen (secondary N) is 1. The molecule has 0 aliphatic rings. The summed E-state index contributed by atoms with van der Waals surface area (Å²) in [6.07, 6.45) is 4.40. The summed E-state index contributed by atoms with van der Waals surface area (Å²) in [7, 11) is 0. The van der Waals surface area contributed by atoms with E-state index in [9.17, 15) is 9.59 Å². The first-order chi connectivity index (χ1) is 9.69. The van der Waals surface area contributed by atoms with Crippen LogP contribution in [0.4, 0.5) is 0 Å². The highest BCUT2D eigenvalue weighted by atomic mass is 16.6. The van der Waals surface area contributed by atoms with Crippen molar-refractivity contribution in [3.63, 3.8) is 0 Å². The standard InChI is InChI=1S/C16H23NO4/c1-11(2)14(15(19)21-16(3,4)5)17-13(18)9-8-12-7-6-10-20-12/h6-11,14H,1-5H3,(H,17,18)/b9-8+/t14-/m0/s1. The first-order valence-electron chi connectivity index (χ1n) is 6.94. The normalized spacial score (nSPS) is 13.4. The minimum Gasteiger partial charge on any atom is -0.465 e. The molecule has 0 spiro atoms. The highest BCUT2D eigenvalue weighted by Gasteiger charge is 2.28. The Hall–Kier alpha value is -2.04. The number of hydrogen-bond acceptors (Lipinski definition) is 4. The second kappa shape index (κ2) is 7.11. The lowest BCUT2D eigenvalue weighted by atomic mass is 10.0. The van der Waals surface area contributed by atoms with Crippen LogP contribution < -0.4 is 5.32 Å². The Labute approximate surface area is 125 Å². The Bertz CT molecular complexity index is 495. The molecule has 1 amide bonds. The van der Waals surface area contributed by atoms with Crippen LogP contribution in [0, 0.1) is 5.92 Å². The monoisotopic (exact) mass is 293 g/mol. The molecule has 0 aromatic carbocycles. The predicted molar refractivity (Wildman–Crippen MR) is 80.4 cm³/mol. The number of furan rings is 1. The van der Waals surface area contributed by atoms with Gasteiger partial charge in [-0.1, -0.05) is 13.8 Å². The van der Waals surface area contributed by atoms with Crippen molar-refractivity contribution in [3.05, 3.63) is 30.2 Å². The molecule has 1 aromatic heterocycles. The van der Waals surface area contributed by atoms with Crippen LogP contribution >= 0.6 is 0 Å². The number of carbonyl (C=O) groups excluding carboxylic acids is 2. The molecule has 1 atom stereocenters. The molecule has 5 heteroatoms. The minimum atomic E-state index is -0.682. The van der Waals surface area contributed by atoms with Crippen molar-refractivity contribution in [1.29, 1.82) is 0 Å². The molecule has 0 bridgehead atoms. The molecule has 116 valence electrons. The number of esters is 1. The van der Waals surface area contributed by atoms with Gasteiger partial charge < -0.3 is 14.5 Å². The SMILES string of the molecule is CC(C)[C@H](NC(=O)/C=C/c1ccco1)C(=O)OC(C)(C)C. The summed E-state index contributed by atoms with van der Waals surface area (Å²) in [5, 5.41) is 2.66. The number of rotatable bonds is 5. The van der Waals surface area contributed by atoms with Crippen LogP contribution in [0.2, 0.25) is 0 Å². The van der Waals surface area contributed by atoms with E-state index in [2.05, 4.69) is 5.32 Å². The molecule has 1 rings (SSSR count). The first kappa shape index (κ1) is 17.0. The zero-order chi connectivity index (χ0) is 16.0. The fraction of sp³-hybridized carbons (Fsp3) is 0.500. The van der Waals surface area contributed by atoms with Crippen molar-refractivity contribution < 1.29 is 18.7 Å². The van der Waals surface area contributed by atoms with E-state index in [1.54, 1.807) is 39.0 Å². The van der Waals surface area contributed by atoms with Gasteiger partial charge in [0.05, 0.1) is 6.26 Å². The first-order valence-corrected chi connectivity index (χ1v) is 6.94. The van der Waals surface area contributed by atoms with Crippen molar-refractivity contribution in [1.82, 2.24) is 5.32 Å². The Morgan fingerprint density at radius 1 is 1.33 bits per heavy atom. The fourth-order valence-electron chi connectivity index (χ4n) is 1.61. The maximum absolute atomic E-state index is 12.1. The molecule has 5 nitrogen and oxygen atoms in total. The Balaban J connectivity index is 2.66. The fourth-order valence-corrected chi connectivity index (χ4v) is 1.61. The van der Waals surface area contributed by atoms with Crippen molar-refractivity contribution in [2.45, 2.75) is 46.3 Å². The smallest absolute Gasteiger partial charge is 0.329 e. The van der Waals surface area contributed by atoms with Gasteiger partial charge in [-0.05, 0) is 44.9 Å². The molecule has 0 aliphatic heterocycles. The van der Waals surface area contributed by atoms with Crippen molar-refractivity contribution >= 4 is 18.0 Å². The van der Waals surface area contributed by atoms with Gasteiger partial charge in [-0.2, -0.15) is 0 Å². The molecule has 0 unspecified atom stereocenters. The molecule has 1 aromatic rings. The summed E-state index contributed by atoms with van der Waals surface area (Å²) < 4.78 is 10.4. The molecule has 0 fully saturated rings. The van der Waals surface area contributed by atoms with Crippen LogP contribution in [0.1, 0.15) is 40.4 Å². The molecule has 1 heterocycles. The van der Waals surface area contributed by atoms with E-state index in [4.69, 9.17) is 9.15 Å². The van der Waals surface area contributed by atoms with Crippen molar-refractivity contribution in [2.24, 2.45) is 5.92 Å². The highest BCUT2D eigenvalue weighted by molar-refractivity contribution is 5.94. The lowest BCUT2D eigenvalue weighted by Crippen LogP contribution is -2.46. The summed E-state index contributed by atoms with van der Waals surface area (Å²) in [6, 6.07) is 2.78. The largest absolute Gasteiger partial charge is 0.465 e. The van der Waals surface area contributed by atoms with Gasteiger partial charge in [-0.3, -0.25) is 4.79 Å². The molecule has 21 heavy (non-hydrogen) atoms. The second-order valence-corrected chi connectivity index (χ2v) is 6.11. The zero-order valence-corrected chi connectivity index (χ0v) is 13.2. The molecule has 0 saturated heterocycles. The van der Waals surface area contributed by atoms with Crippen LogP contribution in [0.3, 0.4) is 0 Å². The van der Waals surface area contributed by atoms with Crippen LogP contribution in [0.5, 0.6) is 0 Å². The van der Waals surface area contributed by atoms with E-state index in [1.165, 1.54) is 12.3 Å². The zero-order valence-electron chi connectivity index (χ0n) is 13.2. The van der Waals surface area contributed by atoms with Gasteiger partial charge in [0.15, 0.2) is 0 Å². The third-order valence-corrected chi connectivity index (χ3v) is 2.57. The summed E-state index contributed by atoms with van der Waals surface area (Å²) >= 11 is 0. The number of hydrogen-bond donors (Lipinski definition) is 1. The molecule has 0 aliphatic carbocycles. The molecule has 1 N–H and O–H groups in total. The minimum absolute atomic E-state index is 0.0687. The summed E-state index contributed by atoms with van der Waals surface area (Å²) in [4.78, 5) is 24.0. The van der Waals surface area contributed by atoms with E-state index in [1.807, 2.05) is 13.8 Å². The lowest BCUT2D eigenvalue weighted by molar-refractivity contribution is -0.159. The van der Waals surface area contributed by atoms with Gasteiger partial charge >= 0.3 is 5.97 Å². The van der Waals surface area contributed by atoms with Crippen LogP contribution in [0.15, 0.2) is 28.9 Å². The van der Waals surface area contributed by atoms with Crippen LogP contribution in [0.25, 0.3) is 6.08 Å². The van der Waals surface area contributed by atoms with Crippen LogP contribution in [-0.2, 0) is 14.3 Å². The highest BCUT2D eigenvalue weighted by Crippen LogP contribution is 2.12. The summed E-state index contributed by atoms with van der Waals surface area (Å²) in [5.41, 5.74) is -0.584. The van der Waals surface area contributed by atoms with Crippen molar-refractivity contribution in [3.8, 4) is 0 Å². The van der Waals surface area contributed by atoms with E-state index in [0.29, 0.717) is 5.76 Å². The van der Waals surface area contributed by atoms with E-state index < -0.39 is 17.6 Å². The number of carbonyl (C=O) groups is 2. The van der Waals surface area contributed by atoms with Gasteiger partial charge in [-0.15, -0.1) is 0 Å².